The molecule has 110 valence electrons. The molecule has 1 heterocycles. The van der Waals surface area contributed by atoms with E-state index in [0.29, 0.717) is 18.5 Å². The van der Waals surface area contributed by atoms with E-state index in [1.165, 1.54) is 12.8 Å². The summed E-state index contributed by atoms with van der Waals surface area (Å²) in [5.41, 5.74) is 0. The molecule has 1 unspecified atom stereocenters. The summed E-state index contributed by atoms with van der Waals surface area (Å²) >= 11 is 0. The molecule has 1 aliphatic heterocycles. The zero-order valence-electron chi connectivity index (χ0n) is 12.1. The van der Waals surface area contributed by atoms with E-state index in [1.807, 2.05) is 4.90 Å². The van der Waals surface area contributed by atoms with Crippen LogP contribution in [0.15, 0.2) is 0 Å². The van der Waals surface area contributed by atoms with Gasteiger partial charge in [-0.3, -0.25) is 4.90 Å². The fraction of sp³-hybridized carbons (Fsp3) is 0.929. The van der Waals surface area contributed by atoms with Crippen LogP contribution in [0, 0.1) is 5.92 Å². The van der Waals surface area contributed by atoms with Crippen molar-refractivity contribution in [3.63, 3.8) is 0 Å². The smallest absolute Gasteiger partial charge is 0.317 e. The molecule has 2 aliphatic rings. The molecule has 2 fully saturated rings. The molecule has 0 aromatic carbocycles. The van der Waals surface area contributed by atoms with Crippen molar-refractivity contribution in [2.24, 2.45) is 5.92 Å². The number of rotatable bonds is 5. The number of piperidine rings is 1. The topological polar surface area (TPSA) is 55.8 Å². The van der Waals surface area contributed by atoms with E-state index in [0.717, 1.165) is 32.0 Å². The lowest BCUT2D eigenvalue weighted by molar-refractivity contribution is 0.135. The number of hydrogen-bond acceptors (Lipinski definition) is 3. The molecule has 2 amide bonds. The van der Waals surface area contributed by atoms with E-state index < -0.39 is 0 Å². The van der Waals surface area contributed by atoms with Crippen molar-refractivity contribution >= 4 is 6.03 Å². The maximum absolute atomic E-state index is 12.0. The summed E-state index contributed by atoms with van der Waals surface area (Å²) in [4.78, 5) is 16.3. The molecule has 1 atom stereocenters. The van der Waals surface area contributed by atoms with Crippen molar-refractivity contribution in [2.75, 3.05) is 33.3 Å². The van der Waals surface area contributed by atoms with Crippen LogP contribution in [0.25, 0.3) is 0 Å². The van der Waals surface area contributed by atoms with Crippen LogP contribution in [-0.4, -0.2) is 66.3 Å². The highest BCUT2D eigenvalue weighted by Crippen LogP contribution is 2.26. The minimum Gasteiger partial charge on any atom is -0.396 e. The van der Waals surface area contributed by atoms with Crippen molar-refractivity contribution < 1.29 is 9.90 Å². The fourth-order valence-electron chi connectivity index (χ4n) is 2.65. The van der Waals surface area contributed by atoms with Crippen LogP contribution >= 0.6 is 0 Å². The Morgan fingerprint density at radius 2 is 2.00 bits per heavy atom. The van der Waals surface area contributed by atoms with Gasteiger partial charge < -0.3 is 15.3 Å². The van der Waals surface area contributed by atoms with Gasteiger partial charge in [0.15, 0.2) is 0 Å². The predicted octanol–water partition coefficient (Wildman–Crippen LogP) is 0.883. The Labute approximate surface area is 115 Å². The highest BCUT2D eigenvalue weighted by atomic mass is 16.3. The zero-order chi connectivity index (χ0) is 13.8. The van der Waals surface area contributed by atoms with E-state index in [4.69, 9.17) is 5.11 Å². The Kier molecular flexibility index (Phi) is 5.05. The van der Waals surface area contributed by atoms with Crippen LogP contribution in [0.4, 0.5) is 4.79 Å². The van der Waals surface area contributed by atoms with Crippen LogP contribution in [0.3, 0.4) is 0 Å². The quantitative estimate of drug-likeness (QED) is 0.779. The van der Waals surface area contributed by atoms with Crippen molar-refractivity contribution in [3.05, 3.63) is 0 Å². The van der Waals surface area contributed by atoms with E-state index in [1.54, 1.807) is 0 Å². The van der Waals surface area contributed by atoms with Crippen LogP contribution in [0.1, 0.15) is 32.6 Å². The number of nitrogens with one attached hydrogen (secondary N) is 1. The highest BCUT2D eigenvalue weighted by molar-refractivity contribution is 5.74. The standard InChI is InChI=1S/C14H27N3O2/c1-11(16(2)13-3-4-13)9-15-14(19)17-7-5-12(10-18)6-8-17/h11-13,18H,3-10H2,1-2H3,(H,15,19). The Balaban J connectivity index is 1.66. The second kappa shape index (κ2) is 6.57. The molecule has 5 nitrogen and oxygen atoms in total. The third-order valence-electron chi connectivity index (χ3n) is 4.53. The third-order valence-corrected chi connectivity index (χ3v) is 4.53. The number of carbonyl (C=O) groups is 1. The van der Waals surface area contributed by atoms with Gasteiger partial charge in [-0.05, 0) is 45.6 Å². The zero-order valence-corrected chi connectivity index (χ0v) is 12.1. The molecule has 0 spiro atoms. The number of aliphatic hydroxyl groups is 1. The maximum atomic E-state index is 12.0. The number of nitrogens with zero attached hydrogens (tertiary/aromatic N) is 2. The largest absolute Gasteiger partial charge is 0.396 e. The van der Waals surface area contributed by atoms with Gasteiger partial charge in [-0.2, -0.15) is 0 Å². The van der Waals surface area contributed by atoms with Gasteiger partial charge in [-0.1, -0.05) is 0 Å². The van der Waals surface area contributed by atoms with Gasteiger partial charge in [0, 0.05) is 38.3 Å². The molecule has 1 aliphatic carbocycles. The summed E-state index contributed by atoms with van der Waals surface area (Å²) in [6, 6.07) is 1.17. The Bertz CT molecular complexity index is 299. The van der Waals surface area contributed by atoms with E-state index in [-0.39, 0.29) is 12.6 Å². The highest BCUT2D eigenvalue weighted by Gasteiger charge is 2.29. The molecule has 0 aromatic rings. The van der Waals surface area contributed by atoms with Gasteiger partial charge >= 0.3 is 6.03 Å². The number of likely N-dealkylation sites (N-methyl/N-ethyl adjacent to an activating group) is 1. The first kappa shape index (κ1) is 14.6. The average Bonchev–Trinajstić information content (AvgIpc) is 3.28. The number of amides is 2. The number of aliphatic hydroxyl groups excluding tert-OH is 1. The second-order valence-electron chi connectivity index (χ2n) is 6.04. The average molecular weight is 269 g/mol. The molecule has 5 heteroatoms. The molecule has 19 heavy (non-hydrogen) atoms. The SMILES string of the molecule is CC(CNC(=O)N1CCC(CO)CC1)N(C)C1CC1. The minimum absolute atomic E-state index is 0.0486. The lowest BCUT2D eigenvalue weighted by Gasteiger charge is -2.32. The molecule has 0 radical (unpaired) electrons. The van der Waals surface area contributed by atoms with Crippen molar-refractivity contribution in [1.82, 2.24) is 15.1 Å². The van der Waals surface area contributed by atoms with Gasteiger partial charge in [0.2, 0.25) is 0 Å². The van der Waals surface area contributed by atoms with Crippen molar-refractivity contribution in [3.8, 4) is 0 Å². The molecule has 1 saturated carbocycles. The number of likely N-dealkylation sites (tertiary alicyclic amines) is 1. The normalized spacial score (nSPS) is 22.6. The first-order chi connectivity index (χ1) is 9.11. The summed E-state index contributed by atoms with van der Waals surface area (Å²) < 4.78 is 0. The molecule has 0 aromatic heterocycles. The Morgan fingerprint density at radius 1 is 1.37 bits per heavy atom. The third kappa shape index (κ3) is 4.08. The number of hydrogen-bond donors (Lipinski definition) is 2. The molecule has 1 saturated heterocycles. The van der Waals surface area contributed by atoms with Gasteiger partial charge in [-0.15, -0.1) is 0 Å². The minimum atomic E-state index is 0.0486. The molecule has 2 rings (SSSR count). The second-order valence-corrected chi connectivity index (χ2v) is 6.04. The maximum Gasteiger partial charge on any atom is 0.317 e. The van der Waals surface area contributed by atoms with Crippen LogP contribution in [0.2, 0.25) is 0 Å². The van der Waals surface area contributed by atoms with E-state index >= 15 is 0 Å². The molecular formula is C14H27N3O2. The first-order valence-corrected chi connectivity index (χ1v) is 7.47. The van der Waals surface area contributed by atoms with Crippen molar-refractivity contribution in [2.45, 2.75) is 44.7 Å². The molecule has 0 bridgehead atoms. The summed E-state index contributed by atoms with van der Waals surface area (Å²) in [5.74, 6) is 0.379. The van der Waals surface area contributed by atoms with Crippen LogP contribution < -0.4 is 5.32 Å². The van der Waals surface area contributed by atoms with E-state index in [9.17, 15) is 4.79 Å². The van der Waals surface area contributed by atoms with E-state index in [2.05, 4.69) is 24.2 Å². The summed E-state index contributed by atoms with van der Waals surface area (Å²) in [6.07, 6.45) is 4.43. The summed E-state index contributed by atoms with van der Waals surface area (Å²) in [6.45, 7) is 4.66. The van der Waals surface area contributed by atoms with Gasteiger partial charge in [0.05, 0.1) is 0 Å². The summed E-state index contributed by atoms with van der Waals surface area (Å²) in [5, 5.41) is 12.1. The number of urea groups is 1. The lowest BCUT2D eigenvalue weighted by atomic mass is 9.98. The Hall–Kier alpha value is -0.810. The van der Waals surface area contributed by atoms with Crippen LogP contribution in [-0.2, 0) is 0 Å². The Morgan fingerprint density at radius 3 is 2.53 bits per heavy atom. The predicted molar refractivity (Wildman–Crippen MR) is 75.0 cm³/mol. The number of carbonyl (C=O) groups excluding carboxylic acids is 1. The summed E-state index contributed by atoms with van der Waals surface area (Å²) in [7, 11) is 2.14. The van der Waals surface area contributed by atoms with Gasteiger partial charge in [0.25, 0.3) is 0 Å². The fourth-order valence-corrected chi connectivity index (χ4v) is 2.65. The monoisotopic (exact) mass is 269 g/mol. The first-order valence-electron chi connectivity index (χ1n) is 7.47. The van der Waals surface area contributed by atoms with Crippen LogP contribution in [0.5, 0.6) is 0 Å². The molecular weight excluding hydrogens is 242 g/mol. The lowest BCUT2D eigenvalue weighted by Crippen LogP contribution is -2.48. The van der Waals surface area contributed by atoms with Crippen molar-refractivity contribution in [1.29, 1.82) is 0 Å². The van der Waals surface area contributed by atoms with Gasteiger partial charge in [0.1, 0.15) is 0 Å². The molecule has 2 N–H and O–H groups in total. The van der Waals surface area contributed by atoms with Gasteiger partial charge in [-0.25, -0.2) is 4.79 Å².